The number of ether oxygens (including phenoxy) is 1. The van der Waals surface area contributed by atoms with Crippen LogP contribution >= 0.6 is 0 Å². The van der Waals surface area contributed by atoms with Gasteiger partial charge in [0, 0.05) is 18.2 Å². The first kappa shape index (κ1) is 13.0. The Balaban J connectivity index is 2.31. The molecule has 1 saturated heterocycles. The Bertz CT molecular complexity index is 525. The molecule has 8 nitrogen and oxygen atoms in total. The van der Waals surface area contributed by atoms with Crippen molar-refractivity contribution in [3.8, 4) is 0 Å². The zero-order valence-electron chi connectivity index (χ0n) is 9.79. The average Bonchev–Trinajstić information content (AvgIpc) is 2.76. The van der Waals surface area contributed by atoms with E-state index in [0.717, 1.165) is 0 Å². The van der Waals surface area contributed by atoms with Crippen LogP contribution in [-0.2, 0) is 4.74 Å². The summed E-state index contributed by atoms with van der Waals surface area (Å²) in [7, 11) is 0. The smallest absolute Gasteiger partial charge is 0.330 e. The molecule has 0 aromatic carbocycles. The first-order valence-corrected chi connectivity index (χ1v) is 5.54. The van der Waals surface area contributed by atoms with Gasteiger partial charge in [0.2, 0.25) is 0 Å². The lowest BCUT2D eigenvalue weighted by Gasteiger charge is -2.14. The Morgan fingerprint density at radius 3 is 2.89 bits per heavy atom. The van der Waals surface area contributed by atoms with Gasteiger partial charge in [-0.05, 0) is 6.92 Å². The van der Waals surface area contributed by atoms with Crippen LogP contribution in [0.5, 0.6) is 0 Å². The summed E-state index contributed by atoms with van der Waals surface area (Å²) in [4.78, 5) is 25.1. The molecule has 3 atom stereocenters. The molecule has 0 radical (unpaired) electrons. The van der Waals surface area contributed by atoms with Crippen LogP contribution in [-0.4, -0.2) is 38.6 Å². The summed E-state index contributed by atoms with van der Waals surface area (Å²) in [6, 6.07) is -0.459. The topological polar surface area (TPSA) is 117 Å². The molecule has 1 aromatic rings. The fourth-order valence-corrected chi connectivity index (χ4v) is 2.01. The standard InChI is InChI=1S/C10H15N3O5/c1-5-3-13(10(16)11-9(5)15)8-2-6(12-17)7(4-14)18-8/h3,6-8,12,14,17H,2,4H2,1H3,(H,11,15,16). The van der Waals surface area contributed by atoms with Crippen LogP contribution in [0.2, 0.25) is 0 Å². The van der Waals surface area contributed by atoms with Crippen LogP contribution in [0.4, 0.5) is 0 Å². The molecular formula is C10H15N3O5. The molecule has 1 aliphatic rings. The number of aromatic nitrogens is 2. The van der Waals surface area contributed by atoms with E-state index in [0.29, 0.717) is 12.0 Å². The fourth-order valence-electron chi connectivity index (χ4n) is 2.01. The summed E-state index contributed by atoms with van der Waals surface area (Å²) >= 11 is 0. The van der Waals surface area contributed by atoms with E-state index < -0.39 is 29.6 Å². The molecule has 2 heterocycles. The highest BCUT2D eigenvalue weighted by molar-refractivity contribution is 5.02. The van der Waals surface area contributed by atoms with E-state index in [1.54, 1.807) is 6.92 Å². The van der Waals surface area contributed by atoms with Gasteiger partial charge in [-0.1, -0.05) is 0 Å². The lowest BCUT2D eigenvalue weighted by atomic mass is 10.1. The zero-order chi connectivity index (χ0) is 13.3. The lowest BCUT2D eigenvalue weighted by Crippen LogP contribution is -2.36. The quantitative estimate of drug-likeness (QED) is 0.488. The van der Waals surface area contributed by atoms with Crippen LogP contribution in [0.1, 0.15) is 18.2 Å². The molecule has 1 fully saturated rings. The highest BCUT2D eigenvalue weighted by atomic mass is 16.5. The Morgan fingerprint density at radius 1 is 1.61 bits per heavy atom. The number of H-pyrrole nitrogens is 1. The zero-order valence-corrected chi connectivity index (χ0v) is 9.79. The summed E-state index contributed by atoms with van der Waals surface area (Å²) in [5, 5.41) is 18.0. The van der Waals surface area contributed by atoms with Crippen molar-refractivity contribution in [1.29, 1.82) is 0 Å². The second kappa shape index (κ2) is 5.02. The Kier molecular flexibility index (Phi) is 3.62. The first-order valence-electron chi connectivity index (χ1n) is 5.54. The van der Waals surface area contributed by atoms with Gasteiger partial charge >= 0.3 is 5.69 Å². The van der Waals surface area contributed by atoms with E-state index in [9.17, 15) is 9.59 Å². The Labute approximate surface area is 102 Å². The largest absolute Gasteiger partial charge is 0.394 e. The third kappa shape index (κ3) is 2.23. The summed E-state index contributed by atoms with van der Waals surface area (Å²) in [6.07, 6.45) is 0.488. The molecule has 8 heteroatoms. The second-order valence-electron chi connectivity index (χ2n) is 4.26. The maximum absolute atomic E-state index is 11.7. The molecule has 0 saturated carbocycles. The monoisotopic (exact) mass is 257 g/mol. The normalized spacial score (nSPS) is 27.6. The van der Waals surface area contributed by atoms with Crippen molar-refractivity contribution in [3.05, 3.63) is 32.6 Å². The number of hydrogen-bond acceptors (Lipinski definition) is 6. The first-order chi connectivity index (χ1) is 8.56. The number of nitrogens with one attached hydrogen (secondary N) is 2. The molecule has 4 N–H and O–H groups in total. The molecule has 1 aromatic heterocycles. The van der Waals surface area contributed by atoms with E-state index in [4.69, 9.17) is 15.1 Å². The van der Waals surface area contributed by atoms with Crippen molar-refractivity contribution < 1.29 is 15.1 Å². The fraction of sp³-hybridized carbons (Fsp3) is 0.600. The average molecular weight is 257 g/mol. The molecule has 0 amide bonds. The number of aliphatic hydroxyl groups is 1. The Morgan fingerprint density at radius 2 is 2.33 bits per heavy atom. The highest BCUT2D eigenvalue weighted by Gasteiger charge is 2.36. The molecule has 1 aliphatic heterocycles. The number of hydroxylamine groups is 1. The molecule has 3 unspecified atom stereocenters. The van der Waals surface area contributed by atoms with Crippen LogP contribution in [0.3, 0.4) is 0 Å². The minimum Gasteiger partial charge on any atom is -0.394 e. The molecule has 2 rings (SSSR count). The van der Waals surface area contributed by atoms with Gasteiger partial charge in [0.1, 0.15) is 12.3 Å². The molecular weight excluding hydrogens is 242 g/mol. The number of hydrogen-bond donors (Lipinski definition) is 4. The summed E-state index contributed by atoms with van der Waals surface area (Å²) in [6.45, 7) is 1.31. The van der Waals surface area contributed by atoms with Gasteiger partial charge in [0.05, 0.1) is 12.6 Å². The SMILES string of the molecule is Cc1cn(C2CC(NO)C(CO)O2)c(=O)[nH]c1=O. The number of aliphatic hydroxyl groups excluding tert-OH is 1. The number of rotatable bonds is 3. The molecule has 18 heavy (non-hydrogen) atoms. The van der Waals surface area contributed by atoms with E-state index in [2.05, 4.69) is 4.98 Å². The number of aromatic amines is 1. The van der Waals surface area contributed by atoms with Crippen molar-refractivity contribution in [3.63, 3.8) is 0 Å². The lowest BCUT2D eigenvalue weighted by molar-refractivity contribution is -0.0379. The number of nitrogens with zero attached hydrogens (tertiary/aromatic N) is 1. The minimum absolute atomic E-state index is 0.272. The van der Waals surface area contributed by atoms with Crippen LogP contribution < -0.4 is 16.7 Å². The second-order valence-corrected chi connectivity index (χ2v) is 4.26. The third-order valence-corrected chi connectivity index (χ3v) is 3.04. The highest BCUT2D eigenvalue weighted by Crippen LogP contribution is 2.26. The molecule has 100 valence electrons. The van der Waals surface area contributed by atoms with Crippen molar-refractivity contribution in [2.75, 3.05) is 6.61 Å². The van der Waals surface area contributed by atoms with Crippen molar-refractivity contribution in [2.24, 2.45) is 0 Å². The maximum Gasteiger partial charge on any atom is 0.330 e. The van der Waals surface area contributed by atoms with Crippen LogP contribution in [0.25, 0.3) is 0 Å². The van der Waals surface area contributed by atoms with E-state index >= 15 is 0 Å². The number of aryl methyl sites for hydroxylation is 1. The van der Waals surface area contributed by atoms with E-state index in [1.165, 1.54) is 10.8 Å². The van der Waals surface area contributed by atoms with E-state index in [1.807, 2.05) is 5.48 Å². The predicted octanol–water partition coefficient (Wildman–Crippen LogP) is -1.53. The van der Waals surface area contributed by atoms with Gasteiger partial charge in [-0.2, -0.15) is 5.48 Å². The predicted molar refractivity (Wildman–Crippen MR) is 60.4 cm³/mol. The Hall–Kier alpha value is -1.48. The van der Waals surface area contributed by atoms with Crippen molar-refractivity contribution >= 4 is 0 Å². The van der Waals surface area contributed by atoms with Crippen molar-refractivity contribution in [1.82, 2.24) is 15.0 Å². The van der Waals surface area contributed by atoms with Gasteiger partial charge in [-0.3, -0.25) is 14.3 Å². The third-order valence-electron chi connectivity index (χ3n) is 3.04. The molecule has 0 aliphatic carbocycles. The van der Waals surface area contributed by atoms with Crippen LogP contribution in [0, 0.1) is 6.92 Å². The van der Waals surface area contributed by atoms with Gasteiger partial charge in [-0.25, -0.2) is 4.79 Å². The maximum atomic E-state index is 11.7. The van der Waals surface area contributed by atoms with Gasteiger partial charge < -0.3 is 15.1 Å². The summed E-state index contributed by atoms with van der Waals surface area (Å²) < 4.78 is 6.69. The van der Waals surface area contributed by atoms with E-state index in [-0.39, 0.29) is 6.61 Å². The van der Waals surface area contributed by atoms with Crippen LogP contribution in [0.15, 0.2) is 15.8 Å². The van der Waals surface area contributed by atoms with Crippen molar-refractivity contribution in [2.45, 2.75) is 31.7 Å². The summed E-state index contributed by atoms with van der Waals surface area (Å²) in [5.41, 5.74) is 1.41. The summed E-state index contributed by atoms with van der Waals surface area (Å²) in [5.74, 6) is 0. The van der Waals surface area contributed by atoms with Gasteiger partial charge in [-0.15, -0.1) is 0 Å². The van der Waals surface area contributed by atoms with Gasteiger partial charge in [0.25, 0.3) is 5.56 Å². The molecule has 0 spiro atoms. The van der Waals surface area contributed by atoms with Gasteiger partial charge in [0.15, 0.2) is 0 Å². The molecule has 0 bridgehead atoms. The minimum atomic E-state index is -0.630.